The number of rotatable bonds is 9. The van der Waals surface area contributed by atoms with Gasteiger partial charge < -0.3 is 14.4 Å². The Morgan fingerprint density at radius 1 is 1.29 bits per heavy atom. The Labute approximate surface area is 125 Å². The van der Waals surface area contributed by atoms with E-state index in [-0.39, 0.29) is 5.69 Å². The molecule has 0 radical (unpaired) electrons. The van der Waals surface area contributed by atoms with Crippen LogP contribution in [0.4, 0.5) is 5.69 Å². The molecule has 0 aliphatic heterocycles. The second kappa shape index (κ2) is 8.59. The Morgan fingerprint density at radius 3 is 2.48 bits per heavy atom. The molecule has 0 saturated heterocycles. The van der Waals surface area contributed by atoms with Crippen LogP contribution in [0.5, 0.6) is 5.75 Å². The maximum Gasteiger partial charge on any atom is 0.276 e. The Morgan fingerprint density at radius 2 is 1.95 bits per heavy atom. The van der Waals surface area contributed by atoms with Crippen LogP contribution < -0.4 is 4.74 Å². The van der Waals surface area contributed by atoms with Crippen molar-refractivity contribution in [3.8, 4) is 5.75 Å². The lowest BCUT2D eigenvalue weighted by molar-refractivity contribution is -0.385. The highest BCUT2D eigenvalue weighted by molar-refractivity contribution is 5.52. The highest BCUT2D eigenvalue weighted by atomic mass is 16.6. The molecule has 0 aliphatic carbocycles. The molecule has 6 nitrogen and oxygen atoms in total. The lowest BCUT2D eigenvalue weighted by Crippen LogP contribution is -2.27. The number of nitrogens with zero attached hydrogens (tertiary/aromatic N) is 2. The van der Waals surface area contributed by atoms with Gasteiger partial charge in [-0.25, -0.2) is 0 Å². The molecule has 0 N–H and O–H groups in total. The van der Waals surface area contributed by atoms with Crippen molar-refractivity contribution in [2.45, 2.75) is 27.4 Å². The van der Waals surface area contributed by atoms with Crippen molar-refractivity contribution in [1.29, 1.82) is 0 Å². The molecule has 0 fully saturated rings. The SMILES string of the molecule is CCN(CC)CCOCc1ccc([N+](=O)[O-])c(C)c1OC. The molecule has 1 aromatic carbocycles. The fourth-order valence-electron chi connectivity index (χ4n) is 2.25. The van der Waals surface area contributed by atoms with Crippen LogP contribution in [0.3, 0.4) is 0 Å². The summed E-state index contributed by atoms with van der Waals surface area (Å²) in [6, 6.07) is 3.20. The average Bonchev–Trinajstić information content (AvgIpc) is 2.47. The number of benzene rings is 1. The minimum atomic E-state index is -0.400. The van der Waals surface area contributed by atoms with E-state index in [4.69, 9.17) is 9.47 Å². The molecule has 0 spiro atoms. The van der Waals surface area contributed by atoms with Crippen molar-refractivity contribution in [3.05, 3.63) is 33.4 Å². The first-order valence-corrected chi connectivity index (χ1v) is 7.16. The van der Waals surface area contributed by atoms with Gasteiger partial charge in [-0.15, -0.1) is 0 Å². The monoisotopic (exact) mass is 296 g/mol. The van der Waals surface area contributed by atoms with E-state index in [9.17, 15) is 10.1 Å². The van der Waals surface area contributed by atoms with Gasteiger partial charge in [-0.3, -0.25) is 10.1 Å². The zero-order chi connectivity index (χ0) is 15.8. The van der Waals surface area contributed by atoms with Crippen LogP contribution in [0.2, 0.25) is 0 Å². The number of hydrogen-bond acceptors (Lipinski definition) is 5. The largest absolute Gasteiger partial charge is 0.496 e. The average molecular weight is 296 g/mol. The van der Waals surface area contributed by atoms with E-state index in [1.165, 1.54) is 13.2 Å². The van der Waals surface area contributed by atoms with Crippen molar-refractivity contribution in [3.63, 3.8) is 0 Å². The lowest BCUT2D eigenvalue weighted by Gasteiger charge is -2.18. The number of nitro groups is 1. The number of nitro benzene ring substituents is 1. The van der Waals surface area contributed by atoms with E-state index in [2.05, 4.69) is 18.7 Å². The molecule has 0 bridgehead atoms. The fraction of sp³-hybridized carbons (Fsp3) is 0.600. The summed E-state index contributed by atoms with van der Waals surface area (Å²) in [5.74, 6) is 0.534. The third kappa shape index (κ3) is 4.68. The molecule has 0 unspecified atom stereocenters. The van der Waals surface area contributed by atoms with Crippen LogP contribution in [0, 0.1) is 17.0 Å². The summed E-state index contributed by atoms with van der Waals surface area (Å²) in [5.41, 5.74) is 1.44. The Balaban J connectivity index is 2.67. The van der Waals surface area contributed by atoms with Gasteiger partial charge >= 0.3 is 0 Å². The zero-order valence-electron chi connectivity index (χ0n) is 13.2. The molecular weight excluding hydrogens is 272 g/mol. The van der Waals surface area contributed by atoms with Crippen molar-refractivity contribution in [1.82, 2.24) is 4.90 Å². The Hall–Kier alpha value is -1.66. The van der Waals surface area contributed by atoms with Crippen LogP contribution in [-0.4, -0.2) is 43.2 Å². The van der Waals surface area contributed by atoms with Crippen molar-refractivity contribution in [2.24, 2.45) is 0 Å². The quantitative estimate of drug-likeness (QED) is 0.398. The first-order valence-electron chi connectivity index (χ1n) is 7.16. The summed E-state index contributed by atoms with van der Waals surface area (Å²) in [5, 5.41) is 10.9. The first kappa shape index (κ1) is 17.4. The number of likely N-dealkylation sites (N-methyl/N-ethyl adjacent to an activating group) is 1. The molecule has 0 amide bonds. The molecule has 0 atom stereocenters. The summed E-state index contributed by atoms with van der Waals surface area (Å²) in [4.78, 5) is 12.8. The number of methoxy groups -OCH3 is 1. The number of ether oxygens (including phenoxy) is 2. The predicted octanol–water partition coefficient (Wildman–Crippen LogP) is 2.77. The van der Waals surface area contributed by atoms with Crippen molar-refractivity contribution >= 4 is 5.69 Å². The maximum absolute atomic E-state index is 10.9. The molecule has 118 valence electrons. The van der Waals surface area contributed by atoms with E-state index in [1.807, 2.05) is 0 Å². The summed E-state index contributed by atoms with van der Waals surface area (Å²) in [7, 11) is 1.52. The van der Waals surface area contributed by atoms with Gasteiger partial charge in [-0.1, -0.05) is 13.8 Å². The first-order chi connectivity index (χ1) is 10.0. The van der Waals surface area contributed by atoms with Crippen molar-refractivity contribution in [2.75, 3.05) is 33.4 Å². The summed E-state index contributed by atoms with van der Waals surface area (Å²) < 4.78 is 11.0. The van der Waals surface area contributed by atoms with Gasteiger partial charge in [0, 0.05) is 18.2 Å². The van der Waals surface area contributed by atoms with Gasteiger partial charge in [0.2, 0.25) is 0 Å². The molecule has 0 aliphatic rings. The summed E-state index contributed by atoms with van der Waals surface area (Å²) in [6.45, 7) is 9.82. The van der Waals surface area contributed by atoms with Gasteiger partial charge in [0.05, 0.1) is 30.8 Å². The number of hydrogen-bond donors (Lipinski definition) is 0. The van der Waals surface area contributed by atoms with Crippen molar-refractivity contribution < 1.29 is 14.4 Å². The fourth-order valence-corrected chi connectivity index (χ4v) is 2.25. The smallest absolute Gasteiger partial charge is 0.276 e. The maximum atomic E-state index is 10.9. The third-order valence-electron chi connectivity index (χ3n) is 3.56. The van der Waals surface area contributed by atoms with E-state index in [0.717, 1.165) is 25.2 Å². The van der Waals surface area contributed by atoms with Gasteiger partial charge in [-0.2, -0.15) is 0 Å². The second-order valence-corrected chi connectivity index (χ2v) is 4.74. The topological polar surface area (TPSA) is 64.8 Å². The standard InChI is InChI=1S/C15H24N2O4/c1-5-16(6-2)9-10-21-11-13-7-8-14(17(18)19)12(3)15(13)20-4/h7-8H,5-6,9-11H2,1-4H3. The van der Waals surface area contributed by atoms with E-state index in [0.29, 0.717) is 24.5 Å². The zero-order valence-corrected chi connectivity index (χ0v) is 13.2. The van der Waals surface area contributed by atoms with Crippen LogP contribution >= 0.6 is 0 Å². The Bertz CT molecular complexity index is 473. The van der Waals surface area contributed by atoms with Crippen LogP contribution in [0.15, 0.2) is 12.1 Å². The molecule has 1 aromatic rings. The van der Waals surface area contributed by atoms with Gasteiger partial charge in [-0.05, 0) is 26.1 Å². The van der Waals surface area contributed by atoms with E-state index in [1.54, 1.807) is 13.0 Å². The molecular formula is C15H24N2O4. The minimum absolute atomic E-state index is 0.0683. The molecule has 1 rings (SSSR count). The van der Waals surface area contributed by atoms with Crippen LogP contribution in [-0.2, 0) is 11.3 Å². The molecule has 21 heavy (non-hydrogen) atoms. The molecule has 0 aromatic heterocycles. The normalized spacial score (nSPS) is 10.9. The van der Waals surface area contributed by atoms with Gasteiger partial charge in [0.1, 0.15) is 5.75 Å². The minimum Gasteiger partial charge on any atom is -0.496 e. The highest BCUT2D eigenvalue weighted by Gasteiger charge is 2.17. The van der Waals surface area contributed by atoms with Gasteiger partial charge in [0.25, 0.3) is 5.69 Å². The summed E-state index contributed by atoms with van der Waals surface area (Å²) >= 11 is 0. The molecule has 0 saturated carbocycles. The molecule has 6 heteroatoms. The van der Waals surface area contributed by atoms with E-state index < -0.39 is 4.92 Å². The lowest BCUT2D eigenvalue weighted by atomic mass is 10.1. The van der Waals surface area contributed by atoms with Gasteiger partial charge in [0.15, 0.2) is 0 Å². The van der Waals surface area contributed by atoms with E-state index >= 15 is 0 Å². The third-order valence-corrected chi connectivity index (χ3v) is 3.56. The second-order valence-electron chi connectivity index (χ2n) is 4.74. The highest BCUT2D eigenvalue weighted by Crippen LogP contribution is 2.31. The van der Waals surface area contributed by atoms with Crippen LogP contribution in [0.1, 0.15) is 25.0 Å². The summed E-state index contributed by atoms with van der Waals surface area (Å²) in [6.07, 6.45) is 0. The predicted molar refractivity (Wildman–Crippen MR) is 81.8 cm³/mol. The van der Waals surface area contributed by atoms with Crippen LogP contribution in [0.25, 0.3) is 0 Å². The Kier molecular flexibility index (Phi) is 7.11. The molecule has 0 heterocycles.